The van der Waals surface area contributed by atoms with Crippen LogP contribution in [0.1, 0.15) is 13.3 Å². The van der Waals surface area contributed by atoms with Gasteiger partial charge in [0.05, 0.1) is 25.4 Å². The number of carbonyl (C=O) groups excluding carboxylic acids is 1. The Labute approximate surface area is 174 Å². The second-order valence-corrected chi connectivity index (χ2v) is 8.18. The molecule has 1 amide bonds. The van der Waals surface area contributed by atoms with Crippen LogP contribution in [-0.2, 0) is 14.8 Å². The fraction of sp³-hybridized carbons (Fsp3) is 0.316. The number of nitro groups is 1. The van der Waals surface area contributed by atoms with Gasteiger partial charge in [0.2, 0.25) is 15.9 Å². The number of benzene rings is 2. The molecule has 0 spiro atoms. The molecule has 2 aromatic rings. The van der Waals surface area contributed by atoms with Crippen LogP contribution in [0.4, 0.5) is 17.1 Å². The van der Waals surface area contributed by atoms with Gasteiger partial charge in [-0.25, -0.2) is 8.42 Å². The van der Waals surface area contributed by atoms with Crippen LogP contribution < -0.4 is 19.1 Å². The second-order valence-electron chi connectivity index (χ2n) is 6.32. The van der Waals surface area contributed by atoms with Gasteiger partial charge in [-0.2, -0.15) is 0 Å². The molecule has 2 aromatic carbocycles. The fourth-order valence-corrected chi connectivity index (χ4v) is 4.13. The molecule has 1 atom stereocenters. The molecular weight excluding hydrogens is 414 g/mol. The molecule has 2 rings (SSSR count). The van der Waals surface area contributed by atoms with Gasteiger partial charge in [0, 0.05) is 23.9 Å². The zero-order chi connectivity index (χ0) is 22.5. The van der Waals surface area contributed by atoms with Crippen molar-refractivity contribution in [1.29, 1.82) is 0 Å². The zero-order valence-electron chi connectivity index (χ0n) is 17.0. The number of sulfonamides is 1. The van der Waals surface area contributed by atoms with Gasteiger partial charge < -0.3 is 14.8 Å². The maximum atomic E-state index is 13.0. The van der Waals surface area contributed by atoms with Crippen molar-refractivity contribution >= 4 is 33.0 Å². The summed E-state index contributed by atoms with van der Waals surface area (Å²) in [5, 5.41) is 13.9. The molecule has 0 aliphatic carbocycles. The first kappa shape index (κ1) is 22.9. The molecule has 0 heterocycles. The summed E-state index contributed by atoms with van der Waals surface area (Å²) in [6.45, 7) is 1.64. The maximum Gasteiger partial charge on any atom is 0.271 e. The van der Waals surface area contributed by atoms with E-state index in [1.807, 2.05) is 0 Å². The van der Waals surface area contributed by atoms with Crippen molar-refractivity contribution in [2.24, 2.45) is 0 Å². The highest BCUT2D eigenvalue weighted by molar-refractivity contribution is 7.92. The monoisotopic (exact) mass is 437 g/mol. The predicted molar refractivity (Wildman–Crippen MR) is 113 cm³/mol. The SMILES string of the molecule is CCC(C(=O)Nc1cccc(OC)c1)N(c1cc([N+](=O)[O-])ccc1OC)S(C)(=O)=O. The van der Waals surface area contributed by atoms with Gasteiger partial charge in [0.15, 0.2) is 0 Å². The molecule has 0 aliphatic heterocycles. The van der Waals surface area contributed by atoms with E-state index in [-0.39, 0.29) is 23.5 Å². The molecule has 0 bridgehead atoms. The lowest BCUT2D eigenvalue weighted by Gasteiger charge is -2.31. The minimum atomic E-state index is -4.01. The van der Waals surface area contributed by atoms with Crippen LogP contribution in [0.25, 0.3) is 0 Å². The molecule has 0 fully saturated rings. The summed E-state index contributed by atoms with van der Waals surface area (Å²) >= 11 is 0. The van der Waals surface area contributed by atoms with Gasteiger partial charge in [-0.05, 0) is 24.6 Å². The van der Waals surface area contributed by atoms with E-state index >= 15 is 0 Å². The molecule has 0 aromatic heterocycles. The fourth-order valence-electron chi connectivity index (χ4n) is 2.93. The highest BCUT2D eigenvalue weighted by Crippen LogP contribution is 2.36. The number of nitro benzene ring substituents is 1. The summed E-state index contributed by atoms with van der Waals surface area (Å²) in [4.78, 5) is 23.5. The van der Waals surface area contributed by atoms with Crippen LogP contribution in [0.3, 0.4) is 0 Å². The minimum Gasteiger partial charge on any atom is -0.497 e. The Morgan fingerprint density at radius 2 is 1.90 bits per heavy atom. The first-order valence-electron chi connectivity index (χ1n) is 8.89. The van der Waals surface area contributed by atoms with Crippen molar-refractivity contribution in [2.75, 3.05) is 30.1 Å². The normalized spacial score (nSPS) is 12.0. The van der Waals surface area contributed by atoms with Gasteiger partial charge in [0.1, 0.15) is 23.2 Å². The largest absolute Gasteiger partial charge is 0.497 e. The zero-order valence-corrected chi connectivity index (χ0v) is 17.8. The van der Waals surface area contributed by atoms with Crippen molar-refractivity contribution in [2.45, 2.75) is 19.4 Å². The van der Waals surface area contributed by atoms with Crippen molar-refractivity contribution in [3.8, 4) is 11.5 Å². The van der Waals surface area contributed by atoms with E-state index in [0.29, 0.717) is 11.4 Å². The first-order valence-corrected chi connectivity index (χ1v) is 10.7. The minimum absolute atomic E-state index is 0.0821. The van der Waals surface area contributed by atoms with E-state index in [9.17, 15) is 23.3 Å². The number of rotatable bonds is 9. The molecule has 10 nitrogen and oxygen atoms in total. The van der Waals surface area contributed by atoms with Crippen LogP contribution in [0.5, 0.6) is 11.5 Å². The van der Waals surface area contributed by atoms with Crippen LogP contribution in [0.15, 0.2) is 42.5 Å². The molecular formula is C19H23N3O7S. The van der Waals surface area contributed by atoms with Crippen LogP contribution in [0.2, 0.25) is 0 Å². The molecule has 0 saturated heterocycles. The van der Waals surface area contributed by atoms with E-state index in [2.05, 4.69) is 5.32 Å². The van der Waals surface area contributed by atoms with E-state index in [1.165, 1.54) is 26.4 Å². The third-order valence-electron chi connectivity index (χ3n) is 4.28. The number of methoxy groups -OCH3 is 2. The molecule has 162 valence electrons. The molecule has 30 heavy (non-hydrogen) atoms. The topological polar surface area (TPSA) is 128 Å². The number of nitrogens with one attached hydrogen (secondary N) is 1. The summed E-state index contributed by atoms with van der Waals surface area (Å²) in [6.07, 6.45) is 1.03. The average Bonchev–Trinajstić information content (AvgIpc) is 2.70. The third kappa shape index (κ3) is 5.17. The lowest BCUT2D eigenvalue weighted by atomic mass is 10.1. The number of hydrogen-bond donors (Lipinski definition) is 1. The van der Waals surface area contributed by atoms with Gasteiger partial charge in [-0.15, -0.1) is 0 Å². The van der Waals surface area contributed by atoms with Crippen LogP contribution in [0, 0.1) is 10.1 Å². The Kier molecular flexibility index (Phi) is 7.22. The molecule has 1 N–H and O–H groups in total. The average molecular weight is 437 g/mol. The number of amides is 1. The number of carbonyl (C=O) groups is 1. The van der Waals surface area contributed by atoms with Crippen molar-refractivity contribution < 1.29 is 27.6 Å². The smallest absolute Gasteiger partial charge is 0.271 e. The van der Waals surface area contributed by atoms with E-state index in [0.717, 1.165) is 16.6 Å². The number of non-ortho nitro benzene ring substituents is 1. The Morgan fingerprint density at radius 3 is 2.43 bits per heavy atom. The highest BCUT2D eigenvalue weighted by atomic mass is 32.2. The third-order valence-corrected chi connectivity index (χ3v) is 5.44. The Hall–Kier alpha value is -3.34. The lowest BCUT2D eigenvalue weighted by molar-refractivity contribution is -0.384. The van der Waals surface area contributed by atoms with Gasteiger partial charge in [-0.3, -0.25) is 19.2 Å². The first-order chi connectivity index (χ1) is 14.1. The molecule has 0 saturated carbocycles. The predicted octanol–water partition coefficient (Wildman–Crippen LogP) is 2.80. The molecule has 1 unspecified atom stereocenters. The molecule has 0 aliphatic rings. The van der Waals surface area contributed by atoms with E-state index in [4.69, 9.17) is 9.47 Å². The number of nitrogens with zero attached hydrogens (tertiary/aromatic N) is 2. The lowest BCUT2D eigenvalue weighted by Crippen LogP contribution is -2.47. The van der Waals surface area contributed by atoms with E-state index < -0.39 is 26.9 Å². The summed E-state index contributed by atoms with van der Waals surface area (Å²) in [7, 11) is -1.22. The van der Waals surface area contributed by atoms with Crippen molar-refractivity contribution in [3.63, 3.8) is 0 Å². The highest BCUT2D eigenvalue weighted by Gasteiger charge is 2.34. The molecule has 11 heteroatoms. The number of ether oxygens (including phenoxy) is 2. The summed E-state index contributed by atoms with van der Waals surface area (Å²) in [6, 6.07) is 8.97. The Balaban J connectivity index is 2.53. The quantitative estimate of drug-likeness (QED) is 0.472. The van der Waals surface area contributed by atoms with Crippen LogP contribution >= 0.6 is 0 Å². The summed E-state index contributed by atoms with van der Waals surface area (Å²) in [5.74, 6) is -0.00966. The van der Waals surface area contributed by atoms with Crippen molar-refractivity contribution in [1.82, 2.24) is 0 Å². The van der Waals surface area contributed by atoms with Gasteiger partial charge in [-0.1, -0.05) is 13.0 Å². The Bertz CT molecular complexity index is 1040. The maximum absolute atomic E-state index is 13.0. The van der Waals surface area contributed by atoms with E-state index in [1.54, 1.807) is 31.2 Å². The molecule has 0 radical (unpaired) electrons. The summed E-state index contributed by atoms with van der Waals surface area (Å²) < 4.78 is 36.4. The summed E-state index contributed by atoms with van der Waals surface area (Å²) in [5.41, 5.74) is -0.0124. The van der Waals surface area contributed by atoms with Crippen LogP contribution in [-0.4, -0.2) is 45.8 Å². The second kappa shape index (κ2) is 9.44. The standard InChI is InChI=1S/C19H23N3O7S/c1-5-16(19(23)20-13-7-6-8-15(11-13)28-2)21(30(4,26)27)17-12-14(22(24)25)9-10-18(17)29-3/h6-12,16H,5H2,1-4H3,(H,20,23). The van der Waals surface area contributed by atoms with Gasteiger partial charge in [0.25, 0.3) is 5.69 Å². The van der Waals surface area contributed by atoms with Gasteiger partial charge >= 0.3 is 0 Å². The number of hydrogen-bond acceptors (Lipinski definition) is 7. The van der Waals surface area contributed by atoms with Crippen molar-refractivity contribution in [3.05, 3.63) is 52.6 Å². The Morgan fingerprint density at radius 1 is 1.20 bits per heavy atom. The number of anilines is 2.